The minimum absolute atomic E-state index is 0.0146. The van der Waals surface area contributed by atoms with Crippen LogP contribution in [0.15, 0.2) is 84.1 Å². The molecule has 168 valence electrons. The lowest BCUT2D eigenvalue weighted by molar-refractivity contribution is -0.141. The van der Waals surface area contributed by atoms with E-state index in [1.807, 2.05) is 73.3 Å². The number of aromatic nitrogens is 1. The monoisotopic (exact) mass is 433 g/mol. The Balaban J connectivity index is 1.79. The Morgan fingerprint density at radius 3 is 2.44 bits per heavy atom. The third kappa shape index (κ3) is 5.78. The van der Waals surface area contributed by atoms with Gasteiger partial charge in [-0.25, -0.2) is 0 Å². The van der Waals surface area contributed by atoms with Gasteiger partial charge in [-0.15, -0.1) is 6.58 Å². The van der Waals surface area contributed by atoms with Crippen LogP contribution in [0.25, 0.3) is 0 Å². The minimum Gasteiger partial charge on any atom is -0.467 e. The van der Waals surface area contributed by atoms with Crippen molar-refractivity contribution in [2.45, 2.75) is 32.4 Å². The molecule has 1 aromatic carbocycles. The molecule has 0 saturated carbocycles. The molecule has 0 aliphatic carbocycles. The molecule has 3 rings (SSSR count). The van der Waals surface area contributed by atoms with Crippen molar-refractivity contribution >= 4 is 11.8 Å². The first-order valence-corrected chi connectivity index (χ1v) is 10.9. The van der Waals surface area contributed by atoms with Crippen molar-refractivity contribution in [3.05, 3.63) is 96.7 Å². The summed E-state index contributed by atoms with van der Waals surface area (Å²) in [5, 5.41) is 0. The summed E-state index contributed by atoms with van der Waals surface area (Å²) in [7, 11) is 1.95. The summed E-state index contributed by atoms with van der Waals surface area (Å²) < 4.78 is 7.46. The molecule has 0 fully saturated rings. The maximum Gasteiger partial charge on any atom is 0.242 e. The van der Waals surface area contributed by atoms with E-state index < -0.39 is 0 Å². The van der Waals surface area contributed by atoms with Crippen LogP contribution in [-0.4, -0.2) is 39.3 Å². The van der Waals surface area contributed by atoms with Gasteiger partial charge in [0.05, 0.1) is 25.3 Å². The average Bonchev–Trinajstić information content (AvgIpc) is 3.46. The first kappa shape index (κ1) is 23.1. The highest BCUT2D eigenvalue weighted by Crippen LogP contribution is 2.22. The highest BCUT2D eigenvalue weighted by atomic mass is 16.3. The number of carbonyl (C=O) groups excluding carboxylic acids is 2. The van der Waals surface area contributed by atoms with Crippen molar-refractivity contribution in [1.82, 2.24) is 14.4 Å². The van der Waals surface area contributed by atoms with Gasteiger partial charge in [0.2, 0.25) is 11.8 Å². The number of nitrogens with zero attached hydrogens (tertiary/aromatic N) is 3. The third-order valence-corrected chi connectivity index (χ3v) is 5.58. The van der Waals surface area contributed by atoms with Gasteiger partial charge in [-0.3, -0.25) is 9.59 Å². The number of hydrogen-bond acceptors (Lipinski definition) is 3. The summed E-state index contributed by atoms with van der Waals surface area (Å²) in [5.41, 5.74) is 1.96. The van der Waals surface area contributed by atoms with Crippen molar-refractivity contribution in [1.29, 1.82) is 0 Å². The quantitative estimate of drug-likeness (QED) is 0.422. The Bertz CT molecular complexity index is 1010. The number of furan rings is 1. The molecule has 2 heterocycles. The van der Waals surface area contributed by atoms with Gasteiger partial charge < -0.3 is 18.8 Å². The molecule has 1 unspecified atom stereocenters. The third-order valence-electron chi connectivity index (χ3n) is 5.58. The van der Waals surface area contributed by atoms with Crippen molar-refractivity contribution in [2.75, 3.05) is 13.1 Å². The fourth-order valence-corrected chi connectivity index (χ4v) is 3.79. The predicted octanol–water partition coefficient (Wildman–Crippen LogP) is 4.36. The van der Waals surface area contributed by atoms with E-state index in [9.17, 15) is 9.59 Å². The Hall–Kier alpha value is -3.54. The number of carbonyl (C=O) groups is 2. The van der Waals surface area contributed by atoms with E-state index in [4.69, 9.17) is 4.42 Å². The van der Waals surface area contributed by atoms with E-state index in [-0.39, 0.29) is 24.3 Å². The van der Waals surface area contributed by atoms with Crippen LogP contribution < -0.4 is 0 Å². The molecule has 0 spiro atoms. The lowest BCUT2D eigenvalue weighted by Gasteiger charge is -2.29. The summed E-state index contributed by atoms with van der Waals surface area (Å²) in [6.07, 6.45) is 5.87. The van der Waals surface area contributed by atoms with E-state index >= 15 is 0 Å². The molecule has 0 aliphatic heterocycles. The fraction of sp³-hybridized carbons (Fsp3) is 0.308. The molecule has 6 nitrogen and oxygen atoms in total. The smallest absolute Gasteiger partial charge is 0.242 e. The lowest BCUT2D eigenvalue weighted by Crippen LogP contribution is -2.44. The van der Waals surface area contributed by atoms with Gasteiger partial charge in [0, 0.05) is 25.5 Å². The van der Waals surface area contributed by atoms with E-state index in [0.29, 0.717) is 31.8 Å². The molecule has 0 aliphatic rings. The molecule has 2 amide bonds. The molecule has 6 heteroatoms. The zero-order valence-electron chi connectivity index (χ0n) is 18.8. The summed E-state index contributed by atoms with van der Waals surface area (Å²) in [4.78, 5) is 30.1. The van der Waals surface area contributed by atoms with Crippen LogP contribution in [0.4, 0.5) is 0 Å². The van der Waals surface area contributed by atoms with E-state index in [1.54, 1.807) is 28.2 Å². The van der Waals surface area contributed by atoms with Gasteiger partial charge >= 0.3 is 0 Å². The molecular weight excluding hydrogens is 402 g/mol. The standard InChI is InChI=1S/C26H31N3O3/c1-4-15-28(26(31)24(5-2)21-11-7-6-8-12-21)20-25(30)29(19-23-14-10-17-32-23)18-22-13-9-16-27(22)3/h4,6-14,16-17,24H,1,5,15,18-20H2,2-3H3. The zero-order chi connectivity index (χ0) is 22.9. The maximum atomic E-state index is 13.4. The van der Waals surface area contributed by atoms with Crippen molar-refractivity contribution in [3.63, 3.8) is 0 Å². The molecule has 32 heavy (non-hydrogen) atoms. The number of benzene rings is 1. The molecule has 0 bridgehead atoms. The van der Waals surface area contributed by atoms with Crippen LogP contribution in [-0.2, 0) is 29.7 Å². The number of amides is 2. The van der Waals surface area contributed by atoms with Crippen LogP contribution in [0.1, 0.15) is 36.3 Å². The summed E-state index contributed by atoms with van der Waals surface area (Å²) >= 11 is 0. The molecule has 2 aromatic heterocycles. The molecule has 0 radical (unpaired) electrons. The number of rotatable bonds is 11. The van der Waals surface area contributed by atoms with E-state index in [1.165, 1.54) is 0 Å². The summed E-state index contributed by atoms with van der Waals surface area (Å²) in [6.45, 7) is 6.84. The van der Waals surface area contributed by atoms with Gasteiger partial charge in [0.1, 0.15) is 12.3 Å². The largest absolute Gasteiger partial charge is 0.467 e. The summed E-state index contributed by atoms with van der Waals surface area (Å²) in [6, 6.07) is 17.3. The Morgan fingerprint density at radius 1 is 1.06 bits per heavy atom. The number of aryl methyl sites for hydroxylation is 1. The van der Waals surface area contributed by atoms with Gasteiger partial charge in [-0.05, 0) is 36.2 Å². The topological polar surface area (TPSA) is 58.7 Å². The van der Waals surface area contributed by atoms with Crippen LogP contribution >= 0.6 is 0 Å². The number of hydrogen-bond donors (Lipinski definition) is 0. The lowest BCUT2D eigenvalue weighted by atomic mass is 9.95. The van der Waals surface area contributed by atoms with Crippen LogP contribution in [0, 0.1) is 0 Å². The highest BCUT2D eigenvalue weighted by Gasteiger charge is 2.27. The van der Waals surface area contributed by atoms with Crippen molar-refractivity contribution in [2.24, 2.45) is 7.05 Å². The minimum atomic E-state index is -0.296. The van der Waals surface area contributed by atoms with Gasteiger partial charge in [-0.2, -0.15) is 0 Å². The second-order valence-electron chi connectivity index (χ2n) is 7.82. The highest BCUT2D eigenvalue weighted by molar-refractivity contribution is 5.88. The van der Waals surface area contributed by atoms with E-state index in [2.05, 4.69) is 6.58 Å². The van der Waals surface area contributed by atoms with Crippen molar-refractivity contribution < 1.29 is 14.0 Å². The zero-order valence-corrected chi connectivity index (χ0v) is 18.8. The van der Waals surface area contributed by atoms with Crippen LogP contribution in [0.5, 0.6) is 0 Å². The second kappa shape index (κ2) is 11.2. The van der Waals surface area contributed by atoms with Crippen LogP contribution in [0.2, 0.25) is 0 Å². The second-order valence-corrected chi connectivity index (χ2v) is 7.82. The van der Waals surface area contributed by atoms with E-state index in [0.717, 1.165) is 11.3 Å². The Labute approximate surface area is 189 Å². The van der Waals surface area contributed by atoms with Crippen molar-refractivity contribution in [3.8, 4) is 0 Å². The maximum absolute atomic E-state index is 13.4. The SMILES string of the molecule is C=CCN(CC(=O)N(Cc1ccco1)Cc1cccn1C)C(=O)C(CC)c1ccccc1. The first-order valence-electron chi connectivity index (χ1n) is 10.9. The normalized spacial score (nSPS) is 11.7. The molecule has 1 atom stereocenters. The molecule has 0 N–H and O–H groups in total. The Morgan fingerprint density at radius 2 is 1.84 bits per heavy atom. The van der Waals surface area contributed by atoms with Gasteiger partial charge in [0.15, 0.2) is 0 Å². The van der Waals surface area contributed by atoms with Crippen LogP contribution in [0.3, 0.4) is 0 Å². The fourth-order valence-electron chi connectivity index (χ4n) is 3.79. The van der Waals surface area contributed by atoms with Gasteiger partial charge in [-0.1, -0.05) is 43.3 Å². The van der Waals surface area contributed by atoms with Gasteiger partial charge in [0.25, 0.3) is 0 Å². The first-order chi connectivity index (χ1) is 15.5. The predicted molar refractivity (Wildman–Crippen MR) is 125 cm³/mol. The average molecular weight is 434 g/mol. The molecule has 3 aromatic rings. The Kier molecular flexibility index (Phi) is 8.08. The molecule has 0 saturated heterocycles. The summed E-state index contributed by atoms with van der Waals surface area (Å²) in [5.74, 6) is 0.199. The molecular formula is C26H31N3O3.